The van der Waals surface area contributed by atoms with Gasteiger partial charge in [0.25, 0.3) is 15.9 Å². The highest BCUT2D eigenvalue weighted by Gasteiger charge is 2.23. The fourth-order valence-electron chi connectivity index (χ4n) is 2.05. The summed E-state index contributed by atoms with van der Waals surface area (Å²) in [6.07, 6.45) is 0. The minimum atomic E-state index is -4.27. The first kappa shape index (κ1) is 19.9. The highest BCUT2D eigenvalue weighted by molar-refractivity contribution is 7.90. The first-order valence-corrected chi connectivity index (χ1v) is 9.35. The number of aromatic nitrogens is 1. The molecule has 0 spiro atoms. The molecule has 2 aromatic rings. The van der Waals surface area contributed by atoms with Gasteiger partial charge in [-0.2, -0.15) is 0 Å². The molecule has 0 aliphatic heterocycles. The van der Waals surface area contributed by atoms with Gasteiger partial charge in [0.15, 0.2) is 0 Å². The molecule has 2 rings (SSSR count). The monoisotopic (exact) mass is 396 g/mol. The Hall–Kier alpha value is -2.45. The van der Waals surface area contributed by atoms with Crippen LogP contribution in [0.15, 0.2) is 41.3 Å². The zero-order valence-electron chi connectivity index (χ0n) is 14.3. The zero-order chi connectivity index (χ0) is 19.7. The maximum atomic E-state index is 12.3. The van der Waals surface area contributed by atoms with Crippen LogP contribution in [0.3, 0.4) is 0 Å². The summed E-state index contributed by atoms with van der Waals surface area (Å²) in [5.74, 6) is -2.23. The van der Waals surface area contributed by atoms with Gasteiger partial charge >= 0.3 is 5.97 Å². The van der Waals surface area contributed by atoms with E-state index < -0.39 is 21.9 Å². The average Bonchev–Trinajstić information content (AvgIpc) is 2.53. The van der Waals surface area contributed by atoms with Gasteiger partial charge in [0.1, 0.15) is 5.15 Å². The van der Waals surface area contributed by atoms with Crippen molar-refractivity contribution in [3.63, 3.8) is 0 Å². The van der Waals surface area contributed by atoms with Crippen molar-refractivity contribution in [1.82, 2.24) is 9.71 Å². The summed E-state index contributed by atoms with van der Waals surface area (Å²) in [6, 6.07) is 7.66. The lowest BCUT2D eigenvalue weighted by Crippen LogP contribution is -2.31. The number of rotatable bonds is 4. The minimum absolute atomic E-state index is 0.0994. The number of pyridine rings is 1. The van der Waals surface area contributed by atoms with E-state index in [9.17, 15) is 18.0 Å². The van der Waals surface area contributed by atoms with Crippen LogP contribution in [0.5, 0.6) is 0 Å². The standard InChI is InChI=1S/C17H17ClN2O5S/c1-17(2,3)13-8-7-12(14(18)19-13)15(21)20-26(24,25)11-6-4-5-10(9-11)16(22)23/h4-9H,1-3H3,(H,20,21)(H,22,23). The van der Waals surface area contributed by atoms with Gasteiger partial charge in [-0.15, -0.1) is 0 Å². The van der Waals surface area contributed by atoms with E-state index in [0.29, 0.717) is 5.69 Å². The summed E-state index contributed by atoms with van der Waals surface area (Å²) in [5, 5.41) is 8.83. The summed E-state index contributed by atoms with van der Waals surface area (Å²) in [4.78, 5) is 27.1. The molecule has 1 heterocycles. The Kier molecular flexibility index (Phi) is 5.39. The normalized spacial score (nSPS) is 11.8. The molecule has 0 aliphatic carbocycles. The molecule has 0 bridgehead atoms. The van der Waals surface area contributed by atoms with Crippen molar-refractivity contribution in [1.29, 1.82) is 0 Å². The van der Waals surface area contributed by atoms with E-state index in [1.165, 1.54) is 24.3 Å². The molecule has 1 amide bonds. The maximum Gasteiger partial charge on any atom is 0.335 e. The van der Waals surface area contributed by atoms with Gasteiger partial charge in [0, 0.05) is 11.1 Å². The molecule has 0 unspecified atom stereocenters. The Labute approximate surface area is 156 Å². The second-order valence-corrected chi connectivity index (χ2v) is 8.59. The molecule has 138 valence electrons. The predicted octanol–water partition coefficient (Wildman–Crippen LogP) is 2.85. The van der Waals surface area contributed by atoms with Crippen molar-refractivity contribution >= 4 is 33.5 Å². The minimum Gasteiger partial charge on any atom is -0.478 e. The summed E-state index contributed by atoms with van der Waals surface area (Å²) >= 11 is 6.03. The lowest BCUT2D eigenvalue weighted by atomic mass is 9.91. The Morgan fingerprint density at radius 2 is 1.81 bits per heavy atom. The third-order valence-corrected chi connectivity index (χ3v) is 5.10. The van der Waals surface area contributed by atoms with Gasteiger partial charge in [-0.3, -0.25) is 4.79 Å². The highest BCUT2D eigenvalue weighted by Crippen LogP contribution is 2.24. The third-order valence-electron chi connectivity index (χ3n) is 3.48. The number of amides is 1. The zero-order valence-corrected chi connectivity index (χ0v) is 15.9. The molecule has 26 heavy (non-hydrogen) atoms. The predicted molar refractivity (Wildman–Crippen MR) is 96.0 cm³/mol. The van der Waals surface area contributed by atoms with Crippen LogP contribution in [0, 0.1) is 0 Å². The van der Waals surface area contributed by atoms with E-state index in [0.717, 1.165) is 6.07 Å². The maximum absolute atomic E-state index is 12.3. The van der Waals surface area contributed by atoms with E-state index in [-0.39, 0.29) is 26.6 Å². The molecule has 0 aliphatic rings. The summed E-state index contributed by atoms with van der Waals surface area (Å²) in [6.45, 7) is 5.77. The molecule has 0 atom stereocenters. The van der Waals surface area contributed by atoms with Crippen LogP contribution in [0.25, 0.3) is 0 Å². The Bertz CT molecular complexity index is 981. The van der Waals surface area contributed by atoms with E-state index >= 15 is 0 Å². The van der Waals surface area contributed by atoms with Crippen LogP contribution < -0.4 is 4.72 Å². The molecule has 9 heteroatoms. The van der Waals surface area contributed by atoms with Crippen molar-refractivity contribution in [2.24, 2.45) is 0 Å². The Morgan fingerprint density at radius 1 is 1.15 bits per heavy atom. The quantitative estimate of drug-likeness (QED) is 0.768. The number of hydrogen-bond donors (Lipinski definition) is 2. The van der Waals surface area contributed by atoms with Crippen LogP contribution in [0.4, 0.5) is 0 Å². The number of benzene rings is 1. The van der Waals surface area contributed by atoms with Gasteiger partial charge in [-0.05, 0) is 30.3 Å². The number of halogens is 1. The largest absolute Gasteiger partial charge is 0.478 e. The number of carbonyl (C=O) groups excluding carboxylic acids is 1. The highest BCUT2D eigenvalue weighted by atomic mass is 35.5. The van der Waals surface area contributed by atoms with Gasteiger partial charge in [-0.25, -0.2) is 22.9 Å². The summed E-state index contributed by atoms with van der Waals surface area (Å²) < 4.78 is 26.5. The molecule has 1 aromatic carbocycles. The second-order valence-electron chi connectivity index (χ2n) is 6.55. The molecular weight excluding hydrogens is 380 g/mol. The lowest BCUT2D eigenvalue weighted by Gasteiger charge is -2.18. The SMILES string of the molecule is CC(C)(C)c1ccc(C(=O)NS(=O)(=O)c2cccc(C(=O)O)c2)c(Cl)n1. The van der Waals surface area contributed by atoms with Crippen molar-refractivity contribution in [2.75, 3.05) is 0 Å². The smallest absolute Gasteiger partial charge is 0.335 e. The van der Waals surface area contributed by atoms with Gasteiger partial charge in [0.05, 0.1) is 16.0 Å². The van der Waals surface area contributed by atoms with Crippen LogP contribution in [0.2, 0.25) is 5.15 Å². The van der Waals surface area contributed by atoms with Crippen molar-refractivity contribution in [2.45, 2.75) is 31.1 Å². The molecule has 0 fully saturated rings. The van der Waals surface area contributed by atoms with Crippen LogP contribution in [-0.4, -0.2) is 30.4 Å². The van der Waals surface area contributed by atoms with Gasteiger partial charge in [-0.1, -0.05) is 38.4 Å². The Balaban J connectivity index is 2.32. The van der Waals surface area contributed by atoms with Crippen molar-refractivity contribution in [3.05, 3.63) is 58.4 Å². The molecule has 1 aromatic heterocycles. The van der Waals surface area contributed by atoms with Crippen molar-refractivity contribution in [3.8, 4) is 0 Å². The summed E-state index contributed by atoms with van der Waals surface area (Å²) in [7, 11) is -4.27. The number of carboxylic acid groups (broad SMARTS) is 1. The summed E-state index contributed by atoms with van der Waals surface area (Å²) in [5.41, 5.74) is 0.0467. The topological polar surface area (TPSA) is 113 Å². The molecule has 0 saturated heterocycles. The van der Waals surface area contributed by atoms with Crippen molar-refractivity contribution < 1.29 is 23.1 Å². The van der Waals surface area contributed by atoms with Gasteiger partial charge < -0.3 is 5.11 Å². The number of nitrogens with one attached hydrogen (secondary N) is 1. The van der Waals surface area contributed by atoms with E-state index in [1.807, 2.05) is 25.5 Å². The second kappa shape index (κ2) is 7.05. The molecular formula is C17H17ClN2O5S. The number of hydrogen-bond acceptors (Lipinski definition) is 5. The first-order valence-electron chi connectivity index (χ1n) is 7.49. The van der Waals surface area contributed by atoms with Crippen LogP contribution in [-0.2, 0) is 15.4 Å². The fraction of sp³-hybridized carbons (Fsp3) is 0.235. The van der Waals surface area contributed by atoms with Crippen LogP contribution in [0.1, 0.15) is 47.2 Å². The third kappa shape index (κ3) is 4.39. The number of carboxylic acids is 1. The van der Waals surface area contributed by atoms with Crippen LogP contribution >= 0.6 is 11.6 Å². The molecule has 7 nitrogen and oxygen atoms in total. The fourth-order valence-corrected chi connectivity index (χ4v) is 3.31. The van der Waals surface area contributed by atoms with E-state index in [2.05, 4.69) is 4.98 Å². The number of sulfonamides is 1. The van der Waals surface area contributed by atoms with Gasteiger partial charge in [0.2, 0.25) is 0 Å². The number of nitrogens with zero attached hydrogens (tertiary/aromatic N) is 1. The molecule has 0 radical (unpaired) electrons. The lowest BCUT2D eigenvalue weighted by molar-refractivity contribution is 0.0696. The number of carbonyl (C=O) groups is 2. The van der Waals surface area contributed by atoms with E-state index in [1.54, 1.807) is 6.07 Å². The Morgan fingerprint density at radius 3 is 2.35 bits per heavy atom. The average molecular weight is 397 g/mol. The molecule has 2 N–H and O–H groups in total. The van der Waals surface area contributed by atoms with E-state index in [4.69, 9.17) is 16.7 Å². The molecule has 0 saturated carbocycles. The first-order chi connectivity index (χ1) is 11.9. The number of aromatic carboxylic acids is 1.